The molecule has 1 aliphatic rings. The second-order valence-corrected chi connectivity index (χ2v) is 6.04. The Labute approximate surface area is 142 Å². The molecule has 0 unspecified atom stereocenters. The first-order valence-electron chi connectivity index (χ1n) is 7.86. The molecule has 0 saturated heterocycles. The molecular formula is C19H23NO4. The van der Waals surface area contributed by atoms with Crippen LogP contribution in [0, 0.1) is 5.41 Å². The van der Waals surface area contributed by atoms with Gasteiger partial charge < -0.3 is 14.8 Å². The number of carbonyl (C=O) groups is 2. The monoisotopic (exact) mass is 329 g/mol. The van der Waals surface area contributed by atoms with E-state index >= 15 is 0 Å². The lowest BCUT2D eigenvalue weighted by molar-refractivity contribution is -0.122. The van der Waals surface area contributed by atoms with Crippen LogP contribution in [-0.4, -0.2) is 32.5 Å². The molecule has 0 radical (unpaired) electrons. The number of benzene rings is 1. The minimum atomic E-state index is -0.401. The summed E-state index contributed by atoms with van der Waals surface area (Å²) >= 11 is 0. The van der Waals surface area contributed by atoms with E-state index in [1.165, 1.54) is 12.2 Å². The van der Waals surface area contributed by atoms with Gasteiger partial charge in [0.05, 0.1) is 14.2 Å². The quantitative estimate of drug-likeness (QED) is 0.834. The average Bonchev–Trinajstić information content (AvgIpc) is 2.57. The third-order valence-corrected chi connectivity index (χ3v) is 3.98. The first-order valence-corrected chi connectivity index (χ1v) is 7.86. The van der Waals surface area contributed by atoms with Gasteiger partial charge in [-0.15, -0.1) is 0 Å². The fourth-order valence-electron chi connectivity index (χ4n) is 2.56. The lowest BCUT2D eigenvalue weighted by atomic mass is 9.82. The molecule has 2 rings (SSSR count). The number of ketones is 1. The highest BCUT2D eigenvalue weighted by molar-refractivity contribution is 6.00. The van der Waals surface area contributed by atoms with Crippen LogP contribution in [0.1, 0.15) is 18.9 Å². The van der Waals surface area contributed by atoms with Crippen LogP contribution in [0.5, 0.6) is 11.5 Å². The highest BCUT2D eigenvalue weighted by Crippen LogP contribution is 2.28. The molecule has 0 bridgehead atoms. The van der Waals surface area contributed by atoms with Crippen LogP contribution in [0.15, 0.2) is 42.5 Å². The van der Waals surface area contributed by atoms with E-state index in [1.807, 2.05) is 25.1 Å². The topological polar surface area (TPSA) is 64.6 Å². The first-order chi connectivity index (χ1) is 11.5. The maximum Gasteiger partial charge on any atom is 0.221 e. The standard InChI is InChI=1S/C19H23NO4/c1-19(9-6-15(21)7-10-19)13-18(22)20-11-8-14-4-5-16(23-2)17(12-14)24-3/h4-7,9-10,12H,8,11,13H2,1-3H3,(H,20,22). The van der Waals surface area contributed by atoms with Gasteiger partial charge in [0.1, 0.15) is 0 Å². The zero-order chi connectivity index (χ0) is 17.6. The molecule has 24 heavy (non-hydrogen) atoms. The molecule has 1 aromatic carbocycles. The van der Waals surface area contributed by atoms with Crippen molar-refractivity contribution in [3.05, 3.63) is 48.1 Å². The summed E-state index contributed by atoms with van der Waals surface area (Å²) in [5, 5.41) is 2.92. The summed E-state index contributed by atoms with van der Waals surface area (Å²) in [7, 11) is 3.19. The lowest BCUT2D eigenvalue weighted by Crippen LogP contribution is -2.30. The van der Waals surface area contributed by atoms with Gasteiger partial charge in [-0.2, -0.15) is 0 Å². The van der Waals surface area contributed by atoms with Crippen LogP contribution in [0.3, 0.4) is 0 Å². The summed E-state index contributed by atoms with van der Waals surface area (Å²) in [5.41, 5.74) is 0.656. The Morgan fingerprint density at radius 2 is 1.79 bits per heavy atom. The SMILES string of the molecule is COc1ccc(CCNC(=O)CC2(C)C=CC(=O)C=C2)cc1OC. The van der Waals surface area contributed by atoms with Crippen molar-refractivity contribution in [2.45, 2.75) is 19.8 Å². The van der Waals surface area contributed by atoms with Crippen LogP contribution >= 0.6 is 0 Å². The molecule has 0 atom stereocenters. The van der Waals surface area contributed by atoms with Crippen LogP contribution in [-0.2, 0) is 16.0 Å². The van der Waals surface area contributed by atoms with Crippen LogP contribution in [0.25, 0.3) is 0 Å². The van der Waals surface area contributed by atoms with Crippen LogP contribution in [0.2, 0.25) is 0 Å². The highest BCUT2D eigenvalue weighted by atomic mass is 16.5. The number of amides is 1. The summed E-state index contributed by atoms with van der Waals surface area (Å²) in [6.07, 6.45) is 7.60. The predicted octanol–water partition coefficient (Wildman–Crippen LogP) is 2.45. The fraction of sp³-hybridized carbons (Fsp3) is 0.368. The molecule has 128 valence electrons. The summed E-state index contributed by atoms with van der Waals surface area (Å²) in [6, 6.07) is 5.71. The number of methoxy groups -OCH3 is 2. The Bertz CT molecular complexity index is 660. The van der Waals surface area contributed by atoms with Gasteiger partial charge in [0.25, 0.3) is 0 Å². The van der Waals surface area contributed by atoms with Crippen molar-refractivity contribution in [1.29, 1.82) is 0 Å². The van der Waals surface area contributed by atoms with Crippen molar-refractivity contribution in [2.75, 3.05) is 20.8 Å². The molecule has 0 saturated carbocycles. The molecule has 1 amide bonds. The van der Waals surface area contributed by atoms with E-state index in [-0.39, 0.29) is 11.7 Å². The maximum absolute atomic E-state index is 12.1. The van der Waals surface area contributed by atoms with E-state index in [9.17, 15) is 9.59 Å². The van der Waals surface area contributed by atoms with Crippen molar-refractivity contribution in [2.24, 2.45) is 5.41 Å². The van der Waals surface area contributed by atoms with Gasteiger partial charge in [-0.05, 0) is 36.3 Å². The highest BCUT2D eigenvalue weighted by Gasteiger charge is 2.24. The third-order valence-electron chi connectivity index (χ3n) is 3.98. The predicted molar refractivity (Wildman–Crippen MR) is 92.3 cm³/mol. The van der Waals surface area contributed by atoms with E-state index < -0.39 is 5.41 Å². The molecule has 0 heterocycles. The van der Waals surface area contributed by atoms with Crippen LogP contribution < -0.4 is 14.8 Å². The molecule has 0 fully saturated rings. The second kappa shape index (κ2) is 7.81. The zero-order valence-electron chi connectivity index (χ0n) is 14.3. The number of ether oxygens (including phenoxy) is 2. The molecule has 5 nitrogen and oxygen atoms in total. The number of hydrogen-bond donors (Lipinski definition) is 1. The molecule has 5 heteroatoms. The largest absolute Gasteiger partial charge is 0.493 e. The van der Waals surface area contributed by atoms with Crippen molar-refractivity contribution >= 4 is 11.7 Å². The Hall–Kier alpha value is -2.56. The molecule has 1 aromatic rings. The van der Waals surface area contributed by atoms with E-state index in [0.29, 0.717) is 30.9 Å². The Morgan fingerprint density at radius 3 is 2.42 bits per heavy atom. The van der Waals surface area contributed by atoms with E-state index in [1.54, 1.807) is 26.4 Å². The number of rotatable bonds is 7. The van der Waals surface area contributed by atoms with Gasteiger partial charge in [-0.3, -0.25) is 9.59 Å². The molecule has 1 N–H and O–H groups in total. The van der Waals surface area contributed by atoms with Gasteiger partial charge in [0, 0.05) is 18.4 Å². The fourth-order valence-corrected chi connectivity index (χ4v) is 2.56. The van der Waals surface area contributed by atoms with Crippen molar-refractivity contribution in [3.63, 3.8) is 0 Å². The summed E-state index contributed by atoms with van der Waals surface area (Å²) in [5.74, 6) is 1.28. The van der Waals surface area contributed by atoms with Gasteiger partial charge >= 0.3 is 0 Å². The van der Waals surface area contributed by atoms with Gasteiger partial charge in [-0.25, -0.2) is 0 Å². The first kappa shape index (κ1) is 17.8. The molecule has 0 aliphatic heterocycles. The number of nitrogens with one attached hydrogen (secondary N) is 1. The van der Waals surface area contributed by atoms with E-state index in [4.69, 9.17) is 9.47 Å². The van der Waals surface area contributed by atoms with E-state index in [0.717, 1.165) is 5.56 Å². The summed E-state index contributed by atoms with van der Waals surface area (Å²) < 4.78 is 10.5. The van der Waals surface area contributed by atoms with Crippen molar-refractivity contribution in [3.8, 4) is 11.5 Å². The Morgan fingerprint density at radius 1 is 1.12 bits per heavy atom. The maximum atomic E-state index is 12.1. The minimum Gasteiger partial charge on any atom is -0.493 e. The van der Waals surface area contributed by atoms with Crippen molar-refractivity contribution in [1.82, 2.24) is 5.32 Å². The lowest BCUT2D eigenvalue weighted by Gasteiger charge is -2.23. The van der Waals surface area contributed by atoms with Gasteiger partial charge in [0.15, 0.2) is 17.3 Å². The minimum absolute atomic E-state index is 0.0402. The van der Waals surface area contributed by atoms with E-state index in [2.05, 4.69) is 5.32 Å². The second-order valence-electron chi connectivity index (χ2n) is 6.04. The normalized spacial score (nSPS) is 15.2. The Balaban J connectivity index is 1.84. The number of hydrogen-bond acceptors (Lipinski definition) is 4. The Kier molecular flexibility index (Phi) is 5.79. The molecule has 0 aromatic heterocycles. The summed E-state index contributed by atoms with van der Waals surface area (Å²) in [4.78, 5) is 23.3. The van der Waals surface area contributed by atoms with Gasteiger partial charge in [-0.1, -0.05) is 25.1 Å². The molecule has 1 aliphatic carbocycles. The molecule has 0 spiro atoms. The number of allylic oxidation sites excluding steroid dienone is 4. The van der Waals surface area contributed by atoms with Crippen molar-refractivity contribution < 1.29 is 19.1 Å². The smallest absolute Gasteiger partial charge is 0.221 e. The third kappa shape index (κ3) is 4.72. The van der Waals surface area contributed by atoms with Crippen LogP contribution in [0.4, 0.5) is 0 Å². The molecular weight excluding hydrogens is 306 g/mol. The zero-order valence-corrected chi connectivity index (χ0v) is 14.3. The van der Waals surface area contributed by atoms with Gasteiger partial charge in [0.2, 0.25) is 5.91 Å². The summed E-state index contributed by atoms with van der Waals surface area (Å²) in [6.45, 7) is 2.47. The average molecular weight is 329 g/mol. The number of carbonyl (C=O) groups excluding carboxylic acids is 2.